The van der Waals surface area contributed by atoms with E-state index in [1.165, 1.54) is 0 Å². The van der Waals surface area contributed by atoms with Crippen molar-refractivity contribution in [1.82, 2.24) is 25.0 Å². The van der Waals surface area contributed by atoms with Crippen molar-refractivity contribution in [1.29, 1.82) is 0 Å². The van der Waals surface area contributed by atoms with Crippen LogP contribution in [0, 0.1) is 6.92 Å². The van der Waals surface area contributed by atoms with Gasteiger partial charge in [-0.15, -0.1) is 11.3 Å². The molecule has 0 spiro atoms. The molecule has 164 valence electrons. The second-order valence-corrected chi connectivity index (χ2v) is 10.3. The Balaban J connectivity index is 1.46. The number of fused-ring (bicyclic) bond motifs is 1. The lowest BCUT2D eigenvalue weighted by atomic mass is 9.95. The summed E-state index contributed by atoms with van der Waals surface area (Å²) in [6.07, 6.45) is 1.09. The van der Waals surface area contributed by atoms with E-state index in [0.29, 0.717) is 12.1 Å². The lowest BCUT2D eigenvalue weighted by Gasteiger charge is -2.43. The number of amides is 1. The van der Waals surface area contributed by atoms with Gasteiger partial charge in [-0.2, -0.15) is 16.9 Å². The van der Waals surface area contributed by atoms with Crippen LogP contribution in [0.3, 0.4) is 0 Å². The molecule has 1 N–H and O–H groups in total. The number of carbonyl (C=O) groups is 1. The molecule has 3 aromatic rings. The third-order valence-electron chi connectivity index (χ3n) is 6.33. The Bertz CT molecular complexity index is 1080. The van der Waals surface area contributed by atoms with E-state index in [0.717, 1.165) is 71.5 Å². The number of nitrogens with one attached hydrogen (secondary N) is 1. The maximum Gasteiger partial charge on any atom is 0.252 e. The molecule has 1 amide bonds. The number of aromatic nitrogens is 3. The summed E-state index contributed by atoms with van der Waals surface area (Å²) in [5.74, 6) is 2.13. The van der Waals surface area contributed by atoms with Gasteiger partial charge in [0.1, 0.15) is 0 Å². The van der Waals surface area contributed by atoms with Crippen molar-refractivity contribution < 1.29 is 9.53 Å². The summed E-state index contributed by atoms with van der Waals surface area (Å²) in [7, 11) is 1.88. The number of hydrogen-bond donors (Lipinski definition) is 1. The summed E-state index contributed by atoms with van der Waals surface area (Å²) in [5, 5.41) is 10.7. The van der Waals surface area contributed by atoms with E-state index in [9.17, 15) is 4.79 Å². The standard InChI is InChI=1S/C22H27N5O2S2/c1-15-19-16(12-17(18-4-3-10-31-18)24-20(19)26(2)25-15)21(28)23-13-22(5-11-30-14-22)27-6-8-29-9-7-27/h3-4,10,12H,5-9,11,13-14H2,1-2H3,(H,23,28). The molecule has 31 heavy (non-hydrogen) atoms. The zero-order valence-electron chi connectivity index (χ0n) is 17.9. The molecule has 2 aliphatic rings. The van der Waals surface area contributed by atoms with E-state index in [1.54, 1.807) is 16.0 Å². The maximum atomic E-state index is 13.5. The van der Waals surface area contributed by atoms with Crippen LogP contribution in [0.15, 0.2) is 23.6 Å². The number of pyridine rings is 1. The van der Waals surface area contributed by atoms with Crippen molar-refractivity contribution in [2.24, 2.45) is 7.05 Å². The van der Waals surface area contributed by atoms with Gasteiger partial charge in [0.2, 0.25) is 0 Å². The summed E-state index contributed by atoms with van der Waals surface area (Å²) in [6.45, 7) is 5.99. The van der Waals surface area contributed by atoms with Crippen LogP contribution in [0.5, 0.6) is 0 Å². The van der Waals surface area contributed by atoms with Gasteiger partial charge in [-0.25, -0.2) is 4.98 Å². The minimum atomic E-state index is -0.0501. The number of thiophene rings is 1. The third-order valence-corrected chi connectivity index (χ3v) is 8.46. The van der Waals surface area contributed by atoms with Gasteiger partial charge in [0.15, 0.2) is 5.65 Å². The Labute approximate surface area is 190 Å². The maximum absolute atomic E-state index is 13.5. The molecule has 1 atom stereocenters. The molecule has 5 rings (SSSR count). The Hall–Kier alpha value is -1.94. The molecule has 2 aliphatic heterocycles. The molecule has 5 heterocycles. The molecule has 9 heteroatoms. The largest absolute Gasteiger partial charge is 0.379 e. The highest BCUT2D eigenvalue weighted by Gasteiger charge is 2.41. The second kappa shape index (κ2) is 8.54. The fraction of sp³-hybridized carbons (Fsp3) is 0.500. The first-order valence-corrected chi connectivity index (χ1v) is 12.7. The second-order valence-electron chi connectivity index (χ2n) is 8.25. The van der Waals surface area contributed by atoms with Gasteiger partial charge >= 0.3 is 0 Å². The number of ether oxygens (including phenoxy) is 1. The summed E-state index contributed by atoms with van der Waals surface area (Å²) in [4.78, 5) is 21.9. The van der Waals surface area contributed by atoms with Crippen molar-refractivity contribution in [2.45, 2.75) is 18.9 Å². The SMILES string of the molecule is Cc1nn(C)c2nc(-c3cccs3)cc(C(=O)NCC3(N4CCOCC4)CCSC3)c12. The zero-order chi connectivity index (χ0) is 21.4. The molecule has 3 aromatic heterocycles. The molecule has 0 saturated carbocycles. The lowest BCUT2D eigenvalue weighted by molar-refractivity contribution is -0.0129. The first-order chi connectivity index (χ1) is 15.1. The van der Waals surface area contributed by atoms with Gasteiger partial charge in [-0.05, 0) is 36.6 Å². The van der Waals surface area contributed by atoms with Gasteiger partial charge in [-0.3, -0.25) is 14.4 Å². The van der Waals surface area contributed by atoms with Crippen LogP contribution in [0.1, 0.15) is 22.5 Å². The predicted molar refractivity (Wildman–Crippen MR) is 126 cm³/mol. The summed E-state index contributed by atoms with van der Waals surface area (Å²) in [5.41, 5.74) is 3.05. The molecule has 0 bridgehead atoms. The number of nitrogens with zero attached hydrogens (tertiary/aromatic N) is 4. The molecule has 2 fully saturated rings. The van der Waals surface area contributed by atoms with Crippen LogP contribution >= 0.6 is 23.1 Å². The van der Waals surface area contributed by atoms with Crippen molar-refractivity contribution >= 4 is 40.0 Å². The van der Waals surface area contributed by atoms with Crippen LogP contribution < -0.4 is 5.32 Å². The van der Waals surface area contributed by atoms with Crippen molar-refractivity contribution in [2.75, 3.05) is 44.4 Å². The zero-order valence-corrected chi connectivity index (χ0v) is 19.5. The smallest absolute Gasteiger partial charge is 0.252 e. The van der Waals surface area contributed by atoms with E-state index in [1.807, 2.05) is 49.3 Å². The molecule has 0 aliphatic carbocycles. The Morgan fingerprint density at radius 3 is 2.90 bits per heavy atom. The van der Waals surface area contributed by atoms with E-state index < -0.39 is 0 Å². The van der Waals surface area contributed by atoms with E-state index in [-0.39, 0.29) is 11.4 Å². The fourth-order valence-electron chi connectivity index (χ4n) is 4.65. The van der Waals surface area contributed by atoms with Crippen LogP contribution in [0.2, 0.25) is 0 Å². The highest BCUT2D eigenvalue weighted by molar-refractivity contribution is 7.99. The quantitative estimate of drug-likeness (QED) is 0.635. The first kappa shape index (κ1) is 20.9. The third kappa shape index (κ3) is 3.88. The number of carbonyl (C=O) groups excluding carboxylic acids is 1. The van der Waals surface area contributed by atoms with Crippen molar-refractivity contribution in [3.63, 3.8) is 0 Å². The van der Waals surface area contributed by atoms with Gasteiger partial charge in [0, 0.05) is 38.0 Å². The average Bonchev–Trinajstić information content (AvgIpc) is 3.54. The van der Waals surface area contributed by atoms with Crippen LogP contribution in [-0.2, 0) is 11.8 Å². The van der Waals surface area contributed by atoms with E-state index >= 15 is 0 Å². The van der Waals surface area contributed by atoms with Crippen molar-refractivity contribution in [3.05, 3.63) is 34.8 Å². The number of thioether (sulfide) groups is 1. The fourth-order valence-corrected chi connectivity index (χ4v) is 6.81. The van der Waals surface area contributed by atoms with Gasteiger partial charge in [-0.1, -0.05) is 6.07 Å². The molecule has 0 radical (unpaired) electrons. The topological polar surface area (TPSA) is 72.3 Å². The number of rotatable bonds is 5. The number of hydrogen-bond acceptors (Lipinski definition) is 7. The van der Waals surface area contributed by atoms with Crippen molar-refractivity contribution in [3.8, 4) is 10.6 Å². The van der Waals surface area contributed by atoms with E-state index in [4.69, 9.17) is 9.72 Å². The molecule has 1 unspecified atom stereocenters. The number of aryl methyl sites for hydroxylation is 2. The average molecular weight is 458 g/mol. The summed E-state index contributed by atoms with van der Waals surface area (Å²) in [6, 6.07) is 5.96. The van der Waals surface area contributed by atoms with Gasteiger partial charge < -0.3 is 10.1 Å². The highest BCUT2D eigenvalue weighted by Crippen LogP contribution is 2.34. The number of morpholine rings is 1. The Kier molecular flexibility index (Phi) is 5.76. The lowest BCUT2D eigenvalue weighted by Crippen LogP contribution is -2.59. The molecule has 0 aromatic carbocycles. The highest BCUT2D eigenvalue weighted by atomic mass is 32.2. The molecule has 2 saturated heterocycles. The normalized spacial score (nSPS) is 22.3. The van der Waals surface area contributed by atoms with E-state index in [2.05, 4.69) is 15.3 Å². The van der Waals surface area contributed by atoms with Crippen LogP contribution in [-0.4, -0.2) is 75.5 Å². The predicted octanol–water partition coefficient (Wildman–Crippen LogP) is 2.94. The first-order valence-electron chi connectivity index (χ1n) is 10.6. The summed E-state index contributed by atoms with van der Waals surface area (Å²) < 4.78 is 7.33. The Morgan fingerprint density at radius 1 is 1.35 bits per heavy atom. The van der Waals surface area contributed by atoms with Crippen LogP contribution in [0.25, 0.3) is 21.6 Å². The molecule has 7 nitrogen and oxygen atoms in total. The minimum Gasteiger partial charge on any atom is -0.379 e. The minimum absolute atomic E-state index is 0.0107. The summed E-state index contributed by atoms with van der Waals surface area (Å²) >= 11 is 3.60. The molecular formula is C22H27N5O2S2. The monoisotopic (exact) mass is 457 g/mol. The van der Waals surface area contributed by atoms with Crippen LogP contribution in [0.4, 0.5) is 0 Å². The van der Waals surface area contributed by atoms with Gasteiger partial charge in [0.25, 0.3) is 5.91 Å². The molecular weight excluding hydrogens is 430 g/mol. The Morgan fingerprint density at radius 2 is 2.19 bits per heavy atom. The van der Waals surface area contributed by atoms with Gasteiger partial charge in [0.05, 0.1) is 40.4 Å².